The second-order valence-corrected chi connectivity index (χ2v) is 7.39. The van der Waals surface area contributed by atoms with Crippen LogP contribution in [0.5, 0.6) is 0 Å². The first-order valence-electron chi connectivity index (χ1n) is 9.18. The van der Waals surface area contributed by atoms with Crippen LogP contribution in [0.4, 0.5) is 19.1 Å². The molecule has 0 aliphatic carbocycles. The van der Waals surface area contributed by atoms with E-state index in [1.54, 1.807) is 0 Å². The molecule has 10 heteroatoms. The van der Waals surface area contributed by atoms with Gasteiger partial charge in [0, 0.05) is 26.2 Å². The van der Waals surface area contributed by atoms with E-state index in [1.807, 2.05) is 4.57 Å². The fraction of sp³-hybridized carbons (Fsp3) is 0.500. The number of hydrogen-bond donors (Lipinski definition) is 0. The smallest absolute Gasteiger partial charge is 0.341 e. The Labute approximate surface area is 164 Å². The van der Waals surface area contributed by atoms with Gasteiger partial charge in [0.1, 0.15) is 0 Å². The molecule has 28 heavy (non-hydrogen) atoms. The number of amides is 1. The van der Waals surface area contributed by atoms with Gasteiger partial charge in [0.2, 0.25) is 5.95 Å². The number of halogens is 4. The molecule has 0 unspecified atom stereocenters. The van der Waals surface area contributed by atoms with E-state index in [2.05, 4.69) is 15.1 Å². The molecule has 1 saturated heterocycles. The summed E-state index contributed by atoms with van der Waals surface area (Å²) in [4.78, 5) is 16.5. The number of fused-ring (bicyclic) bond motifs is 1. The summed E-state index contributed by atoms with van der Waals surface area (Å²) in [6.07, 6.45) is -1.18. The third-order valence-corrected chi connectivity index (χ3v) is 5.60. The summed E-state index contributed by atoms with van der Waals surface area (Å²) in [7, 11) is 0. The fourth-order valence-corrected chi connectivity index (χ4v) is 4.04. The van der Waals surface area contributed by atoms with E-state index in [0.717, 1.165) is 37.9 Å². The van der Waals surface area contributed by atoms with Crippen molar-refractivity contribution < 1.29 is 18.0 Å². The number of nitrogens with zero attached hydrogens (tertiary/aromatic N) is 5. The van der Waals surface area contributed by atoms with Crippen molar-refractivity contribution in [2.75, 3.05) is 24.5 Å². The highest BCUT2D eigenvalue weighted by Crippen LogP contribution is 2.36. The molecule has 0 N–H and O–H groups in total. The third-order valence-electron chi connectivity index (χ3n) is 5.19. The molecule has 2 aliphatic rings. The average Bonchev–Trinajstić information content (AvgIpc) is 3.10. The Morgan fingerprint density at radius 2 is 1.79 bits per heavy atom. The van der Waals surface area contributed by atoms with Crippen LogP contribution < -0.4 is 4.90 Å². The lowest BCUT2D eigenvalue weighted by atomic mass is 10.1. The van der Waals surface area contributed by atoms with Crippen molar-refractivity contribution >= 4 is 23.5 Å². The van der Waals surface area contributed by atoms with Crippen molar-refractivity contribution in [3.63, 3.8) is 0 Å². The molecule has 3 heterocycles. The van der Waals surface area contributed by atoms with E-state index in [1.165, 1.54) is 23.5 Å². The number of carbonyl (C=O) groups excluding carboxylic acids is 1. The number of hydrogen-bond acceptors (Lipinski definition) is 4. The lowest BCUT2D eigenvalue weighted by molar-refractivity contribution is -0.137. The van der Waals surface area contributed by atoms with Crippen molar-refractivity contribution in [3.8, 4) is 0 Å². The molecule has 6 nitrogen and oxygen atoms in total. The first-order chi connectivity index (χ1) is 13.4. The third kappa shape index (κ3) is 3.43. The number of aromatic nitrogens is 3. The highest BCUT2D eigenvalue weighted by Gasteiger charge is 2.36. The normalized spacial score (nSPS) is 17.6. The first-order valence-corrected chi connectivity index (χ1v) is 9.56. The van der Waals surface area contributed by atoms with Crippen molar-refractivity contribution in [2.45, 2.75) is 38.5 Å². The molecule has 2 aliphatic heterocycles. The quantitative estimate of drug-likeness (QED) is 0.755. The predicted octanol–water partition coefficient (Wildman–Crippen LogP) is 3.60. The fourth-order valence-electron chi connectivity index (χ4n) is 3.73. The van der Waals surface area contributed by atoms with Gasteiger partial charge in [-0.25, -0.2) is 0 Å². The first kappa shape index (κ1) is 19.0. The summed E-state index contributed by atoms with van der Waals surface area (Å²) in [6, 6.07) is 3.39. The van der Waals surface area contributed by atoms with Crippen LogP contribution in [0.1, 0.15) is 41.0 Å². The van der Waals surface area contributed by atoms with Crippen molar-refractivity contribution in [2.24, 2.45) is 0 Å². The Kier molecular flexibility index (Phi) is 4.95. The Morgan fingerprint density at radius 3 is 2.50 bits per heavy atom. The molecule has 1 aromatic carbocycles. The molecule has 0 atom stereocenters. The van der Waals surface area contributed by atoms with Crippen LogP contribution in [0.15, 0.2) is 18.2 Å². The average molecular weight is 414 g/mol. The summed E-state index contributed by atoms with van der Waals surface area (Å²) in [5.74, 6) is 0.895. The standard InChI is InChI=1S/C18H19ClF3N5O/c19-15-12(5-4-6-13(15)18(20,21)22)16(28)26-9-10-27-14(11-26)23-24-17(27)25-7-2-1-3-8-25/h4-6H,1-3,7-11H2. The molecule has 0 bridgehead atoms. The number of piperidine rings is 1. The van der Waals surface area contributed by atoms with Gasteiger partial charge in [0.15, 0.2) is 5.82 Å². The number of alkyl halides is 3. The van der Waals surface area contributed by atoms with Crippen LogP contribution in [0.2, 0.25) is 5.02 Å². The minimum absolute atomic E-state index is 0.152. The molecule has 0 radical (unpaired) electrons. The molecule has 1 amide bonds. The largest absolute Gasteiger partial charge is 0.417 e. The predicted molar refractivity (Wildman–Crippen MR) is 97.3 cm³/mol. The minimum Gasteiger partial charge on any atom is -0.341 e. The summed E-state index contributed by atoms with van der Waals surface area (Å²) in [5, 5.41) is 7.91. The van der Waals surface area contributed by atoms with Gasteiger partial charge in [-0.2, -0.15) is 13.2 Å². The Balaban J connectivity index is 1.55. The highest BCUT2D eigenvalue weighted by molar-refractivity contribution is 6.34. The van der Waals surface area contributed by atoms with Crippen LogP contribution in [0.3, 0.4) is 0 Å². The van der Waals surface area contributed by atoms with Crippen LogP contribution in [-0.2, 0) is 19.3 Å². The Morgan fingerprint density at radius 1 is 1.04 bits per heavy atom. The van der Waals surface area contributed by atoms with E-state index in [9.17, 15) is 18.0 Å². The molecule has 1 aromatic heterocycles. The maximum atomic E-state index is 13.1. The van der Waals surface area contributed by atoms with Crippen LogP contribution >= 0.6 is 11.6 Å². The van der Waals surface area contributed by atoms with Gasteiger partial charge in [-0.1, -0.05) is 17.7 Å². The number of carbonyl (C=O) groups is 1. The van der Waals surface area contributed by atoms with Crippen molar-refractivity contribution in [1.29, 1.82) is 0 Å². The summed E-state index contributed by atoms with van der Waals surface area (Å²) in [5.41, 5.74) is -1.16. The molecule has 4 rings (SSSR count). The van der Waals surface area contributed by atoms with Gasteiger partial charge in [-0.15, -0.1) is 10.2 Å². The molecular formula is C18H19ClF3N5O. The second-order valence-electron chi connectivity index (χ2n) is 7.01. The number of benzene rings is 1. The number of rotatable bonds is 2. The Bertz CT molecular complexity index is 892. The van der Waals surface area contributed by atoms with Crippen molar-refractivity contribution in [3.05, 3.63) is 40.2 Å². The zero-order valence-corrected chi connectivity index (χ0v) is 15.8. The molecule has 0 saturated carbocycles. The van der Waals surface area contributed by atoms with Gasteiger partial charge in [-0.3, -0.25) is 9.36 Å². The number of anilines is 1. The highest BCUT2D eigenvalue weighted by atomic mass is 35.5. The zero-order chi connectivity index (χ0) is 19.9. The molecule has 1 fully saturated rings. The minimum atomic E-state index is -4.61. The molecular weight excluding hydrogens is 395 g/mol. The van der Waals surface area contributed by atoms with E-state index >= 15 is 0 Å². The van der Waals surface area contributed by atoms with Crippen LogP contribution in [0.25, 0.3) is 0 Å². The summed E-state index contributed by atoms with van der Waals surface area (Å²) < 4.78 is 41.2. The van der Waals surface area contributed by atoms with E-state index in [4.69, 9.17) is 11.6 Å². The van der Waals surface area contributed by atoms with Gasteiger partial charge < -0.3 is 9.80 Å². The maximum Gasteiger partial charge on any atom is 0.417 e. The van der Waals surface area contributed by atoms with Gasteiger partial charge >= 0.3 is 6.18 Å². The molecule has 2 aromatic rings. The Hall–Kier alpha value is -2.29. The zero-order valence-electron chi connectivity index (χ0n) is 15.0. The van der Waals surface area contributed by atoms with E-state index < -0.39 is 22.7 Å². The maximum absolute atomic E-state index is 13.1. The van der Waals surface area contributed by atoms with Gasteiger partial charge in [0.25, 0.3) is 5.91 Å². The van der Waals surface area contributed by atoms with Crippen molar-refractivity contribution in [1.82, 2.24) is 19.7 Å². The summed E-state index contributed by atoms with van der Waals surface area (Å²) in [6.45, 7) is 2.90. The molecule has 0 spiro atoms. The monoisotopic (exact) mass is 413 g/mol. The van der Waals surface area contributed by atoms with Gasteiger partial charge in [-0.05, 0) is 31.4 Å². The molecule has 150 valence electrons. The lowest BCUT2D eigenvalue weighted by Gasteiger charge is -2.32. The topological polar surface area (TPSA) is 54.3 Å². The van der Waals surface area contributed by atoms with E-state index in [0.29, 0.717) is 18.9 Å². The second kappa shape index (κ2) is 7.27. The van der Waals surface area contributed by atoms with Gasteiger partial charge in [0.05, 0.1) is 22.7 Å². The lowest BCUT2D eigenvalue weighted by Crippen LogP contribution is -2.40. The SMILES string of the molecule is O=C(c1cccc(C(F)(F)F)c1Cl)N1CCn2c(nnc2N2CCCCC2)C1. The van der Waals surface area contributed by atoms with Crippen LogP contribution in [-0.4, -0.2) is 45.2 Å². The van der Waals surface area contributed by atoms with Crippen LogP contribution in [0, 0.1) is 0 Å². The van der Waals surface area contributed by atoms with E-state index in [-0.39, 0.29) is 12.1 Å². The summed E-state index contributed by atoms with van der Waals surface area (Å²) >= 11 is 5.91.